The number of fused-ring (bicyclic) bond motifs is 5. The number of rotatable bonds is 7. The molecule has 3 aliphatic heterocycles. The Morgan fingerprint density at radius 1 is 0.958 bits per heavy atom. The molecule has 0 aromatic heterocycles. The molecule has 2 saturated heterocycles. The van der Waals surface area contributed by atoms with Crippen molar-refractivity contribution < 1.29 is 58.7 Å². The Kier molecular flexibility index (Phi) is 9.44. The molecule has 0 spiro atoms. The summed E-state index contributed by atoms with van der Waals surface area (Å²) in [5, 5.41) is 52.9. The maximum Gasteiger partial charge on any atom is 0.331 e. The fourth-order valence-electron chi connectivity index (χ4n) is 11.0. The van der Waals surface area contributed by atoms with Crippen molar-refractivity contribution in [2.75, 3.05) is 20.3 Å². The molecule has 0 unspecified atom stereocenters. The van der Waals surface area contributed by atoms with Gasteiger partial charge in [-0.2, -0.15) is 0 Å². The van der Waals surface area contributed by atoms with Crippen LogP contribution >= 0.6 is 0 Å². The zero-order valence-electron chi connectivity index (χ0n) is 28.5. The van der Waals surface area contributed by atoms with E-state index in [0.29, 0.717) is 31.3 Å². The monoisotopic (exact) mass is 678 g/mol. The first kappa shape index (κ1) is 35.0. The molecule has 7 aliphatic rings. The number of aliphatic hydroxyl groups is 5. The minimum Gasteiger partial charge on any atom is -0.458 e. The van der Waals surface area contributed by atoms with Crippen LogP contribution in [0, 0.1) is 28.6 Å². The summed E-state index contributed by atoms with van der Waals surface area (Å²) in [6, 6.07) is 0. The number of hydrogen-bond donors (Lipinski definition) is 5. The zero-order chi connectivity index (χ0) is 34.2. The molecule has 5 fully saturated rings. The van der Waals surface area contributed by atoms with Gasteiger partial charge in [0.2, 0.25) is 0 Å². The highest BCUT2D eigenvalue weighted by molar-refractivity contribution is 5.86. The number of ether oxygens (including phenoxy) is 6. The summed E-state index contributed by atoms with van der Waals surface area (Å²) in [6.45, 7) is 6.24. The first-order chi connectivity index (χ1) is 22.8. The van der Waals surface area contributed by atoms with E-state index in [1.54, 1.807) is 13.2 Å². The van der Waals surface area contributed by atoms with E-state index in [0.717, 1.165) is 56.1 Å². The highest BCUT2D eigenvalue weighted by Crippen LogP contribution is 2.68. The normalized spacial score (nSPS) is 52.1. The minimum atomic E-state index is -1.53. The van der Waals surface area contributed by atoms with Crippen molar-refractivity contribution >= 4 is 5.97 Å². The molecule has 48 heavy (non-hydrogen) atoms. The molecular formula is C36H54O12. The van der Waals surface area contributed by atoms with Gasteiger partial charge in [0, 0.05) is 30.6 Å². The van der Waals surface area contributed by atoms with E-state index in [2.05, 4.69) is 19.9 Å². The molecule has 12 heteroatoms. The Hall–Kier alpha value is -1.45. The molecule has 0 bridgehead atoms. The Morgan fingerprint density at radius 3 is 2.46 bits per heavy atom. The molecule has 7 rings (SSSR count). The first-order valence-electron chi connectivity index (χ1n) is 17.9. The minimum absolute atomic E-state index is 0.0285. The highest BCUT2D eigenvalue weighted by Gasteiger charge is 2.66. The van der Waals surface area contributed by atoms with Crippen LogP contribution in [0.15, 0.2) is 23.3 Å². The standard InChI is InChI=1S/C36H54O12/c1-18-32(48-33-31(41)30(40)29(39)26(16-37)47-33)25(43-4)15-28(45-18)46-21-7-10-34(2)20(14-21)5-6-24-23(34)8-11-35(3)22(9-12-36(24,35)42)19-13-27(38)44-17-19/h9,13,18,20-21,23-26,28-33,37,39-42H,5-8,10-12,14-17H2,1-4H3/t18-,20-,21+,23+,24-,25+,26-,28+,29-,30+,31-,32+,33+,34+,35-,36+/m1/s1. The molecule has 3 saturated carbocycles. The number of carbonyl (C=O) groups is 1. The largest absolute Gasteiger partial charge is 0.458 e. The van der Waals surface area contributed by atoms with E-state index in [9.17, 15) is 30.3 Å². The second-order valence-corrected chi connectivity index (χ2v) is 16.0. The third kappa shape index (κ3) is 5.54. The number of hydrogen-bond acceptors (Lipinski definition) is 12. The van der Waals surface area contributed by atoms with Crippen LogP contribution in [0.2, 0.25) is 0 Å². The van der Waals surface area contributed by atoms with Crippen molar-refractivity contribution in [1.29, 1.82) is 0 Å². The van der Waals surface area contributed by atoms with Crippen LogP contribution in [0.25, 0.3) is 0 Å². The summed E-state index contributed by atoms with van der Waals surface area (Å²) in [6.07, 6.45) is 2.69. The summed E-state index contributed by atoms with van der Waals surface area (Å²) in [4.78, 5) is 11.9. The summed E-state index contributed by atoms with van der Waals surface area (Å²) in [5.74, 6) is 0.803. The zero-order valence-corrected chi connectivity index (χ0v) is 28.5. The van der Waals surface area contributed by atoms with Gasteiger partial charge in [-0.15, -0.1) is 0 Å². The Morgan fingerprint density at radius 2 is 1.75 bits per heavy atom. The molecule has 270 valence electrons. The number of cyclic esters (lactones) is 1. The van der Waals surface area contributed by atoms with Gasteiger partial charge in [0.05, 0.1) is 30.5 Å². The topological polar surface area (TPSA) is 174 Å². The van der Waals surface area contributed by atoms with E-state index in [1.807, 2.05) is 6.92 Å². The van der Waals surface area contributed by atoms with Gasteiger partial charge >= 0.3 is 5.97 Å². The molecule has 0 aromatic carbocycles. The van der Waals surface area contributed by atoms with Crippen molar-refractivity contribution in [1.82, 2.24) is 0 Å². The molecule has 0 radical (unpaired) electrons. The van der Waals surface area contributed by atoms with Gasteiger partial charge in [0.15, 0.2) is 12.6 Å². The summed E-state index contributed by atoms with van der Waals surface area (Å²) < 4.78 is 35.6. The SMILES string of the molecule is CO[C@H]1C[C@H](O[C@H]2CC[C@@]3(C)[C@H](CC[C@@H]4[C@@H]3CC[C@]3(C)C(C5=CC(=O)OC5)=CC[C@]43O)C2)O[C@H](C)[C@@H]1O[C@@H]1O[C@H](CO)[C@@H](O)[C@H](O)[C@H]1O. The molecule has 0 amide bonds. The predicted molar refractivity (Wildman–Crippen MR) is 169 cm³/mol. The molecule has 0 aromatic rings. The Bertz CT molecular complexity index is 1290. The average Bonchev–Trinajstić information content (AvgIpc) is 3.61. The van der Waals surface area contributed by atoms with E-state index in [4.69, 9.17) is 28.4 Å². The lowest BCUT2D eigenvalue weighted by atomic mass is 9.43. The van der Waals surface area contributed by atoms with Crippen molar-refractivity contribution in [3.63, 3.8) is 0 Å². The number of methoxy groups -OCH3 is 1. The summed E-state index contributed by atoms with van der Waals surface area (Å²) in [7, 11) is 1.58. The van der Waals surface area contributed by atoms with Crippen LogP contribution in [0.4, 0.5) is 0 Å². The first-order valence-corrected chi connectivity index (χ1v) is 17.9. The van der Waals surface area contributed by atoms with Crippen LogP contribution in [0.5, 0.6) is 0 Å². The van der Waals surface area contributed by atoms with Crippen LogP contribution in [-0.4, -0.2) is 119 Å². The maximum atomic E-state index is 12.5. The van der Waals surface area contributed by atoms with Crippen molar-refractivity contribution in [3.05, 3.63) is 23.3 Å². The lowest BCUT2D eigenvalue weighted by molar-refractivity contribution is -0.345. The Labute approximate surface area is 282 Å². The van der Waals surface area contributed by atoms with Gasteiger partial charge < -0.3 is 54.0 Å². The van der Waals surface area contributed by atoms with E-state index >= 15 is 0 Å². The van der Waals surface area contributed by atoms with Gasteiger partial charge in [0.25, 0.3) is 0 Å². The summed E-state index contributed by atoms with van der Waals surface area (Å²) in [5.41, 5.74) is 0.935. The fraction of sp³-hybridized carbons (Fsp3) is 0.861. The van der Waals surface area contributed by atoms with Crippen molar-refractivity contribution in [3.8, 4) is 0 Å². The van der Waals surface area contributed by atoms with Crippen LogP contribution < -0.4 is 0 Å². The van der Waals surface area contributed by atoms with Gasteiger partial charge in [0.1, 0.15) is 37.1 Å². The molecule has 3 heterocycles. The van der Waals surface area contributed by atoms with Crippen LogP contribution in [0.3, 0.4) is 0 Å². The third-order valence-corrected chi connectivity index (χ3v) is 13.8. The number of esters is 1. The fourth-order valence-corrected chi connectivity index (χ4v) is 11.0. The van der Waals surface area contributed by atoms with Crippen LogP contribution in [-0.2, 0) is 33.2 Å². The highest BCUT2D eigenvalue weighted by atomic mass is 16.7. The lowest BCUT2D eigenvalue weighted by Crippen LogP contribution is -2.62. The van der Waals surface area contributed by atoms with Gasteiger partial charge in [-0.3, -0.25) is 0 Å². The third-order valence-electron chi connectivity index (χ3n) is 13.8. The number of aliphatic hydroxyl groups excluding tert-OH is 4. The Balaban J connectivity index is 0.971. The lowest BCUT2D eigenvalue weighted by Gasteiger charge is -2.63. The second kappa shape index (κ2) is 13.0. The molecule has 5 N–H and O–H groups in total. The summed E-state index contributed by atoms with van der Waals surface area (Å²) >= 11 is 0. The molecule has 4 aliphatic carbocycles. The average molecular weight is 679 g/mol. The van der Waals surface area contributed by atoms with Crippen LogP contribution in [0.1, 0.15) is 78.6 Å². The molecule has 12 nitrogen and oxygen atoms in total. The van der Waals surface area contributed by atoms with E-state index < -0.39 is 67.5 Å². The second-order valence-electron chi connectivity index (χ2n) is 16.0. The van der Waals surface area contributed by atoms with Gasteiger partial charge in [-0.25, -0.2) is 4.79 Å². The smallest absolute Gasteiger partial charge is 0.331 e. The van der Waals surface area contributed by atoms with Crippen molar-refractivity contribution in [2.45, 2.75) is 146 Å². The molecule has 16 atom stereocenters. The maximum absolute atomic E-state index is 12.5. The van der Waals surface area contributed by atoms with E-state index in [1.165, 1.54) is 0 Å². The van der Waals surface area contributed by atoms with E-state index in [-0.39, 0.29) is 28.8 Å². The predicted octanol–water partition coefficient (Wildman–Crippen LogP) is 1.88. The van der Waals surface area contributed by atoms with Gasteiger partial charge in [-0.1, -0.05) is 19.9 Å². The number of carbonyl (C=O) groups excluding carboxylic acids is 1. The van der Waals surface area contributed by atoms with Gasteiger partial charge in [-0.05, 0) is 87.0 Å². The molecular weight excluding hydrogens is 624 g/mol. The van der Waals surface area contributed by atoms with Crippen molar-refractivity contribution in [2.24, 2.45) is 28.6 Å². The quantitative estimate of drug-likeness (QED) is 0.196.